The molecule has 0 fully saturated rings. The summed E-state index contributed by atoms with van der Waals surface area (Å²) in [6.45, 7) is 2.02. The number of nitrogens with zero attached hydrogens (tertiary/aromatic N) is 1. The van der Waals surface area contributed by atoms with Gasteiger partial charge in [-0.15, -0.1) is 0 Å². The van der Waals surface area contributed by atoms with Gasteiger partial charge in [0.25, 0.3) is 0 Å². The quantitative estimate of drug-likeness (QED) is 0.571. The van der Waals surface area contributed by atoms with Crippen LogP contribution in [0.1, 0.15) is 17.3 Å². The minimum absolute atomic E-state index is 0.115. The van der Waals surface area contributed by atoms with Crippen molar-refractivity contribution in [3.05, 3.63) is 23.0 Å². The molecule has 1 rings (SSSR count). The van der Waals surface area contributed by atoms with Gasteiger partial charge >= 0.3 is 5.97 Å². The number of carbonyl (C=O) groups is 1. The van der Waals surface area contributed by atoms with Crippen LogP contribution < -0.4 is 4.74 Å². The first kappa shape index (κ1) is 10.8. The number of halogens is 1. The lowest BCUT2D eigenvalue weighted by atomic mass is 10.3. The Hall–Kier alpha value is -1.29. The highest BCUT2D eigenvalue weighted by Crippen LogP contribution is 2.19. The second kappa shape index (κ2) is 4.81. The molecule has 0 aromatic carbocycles. The first-order valence-corrected chi connectivity index (χ1v) is 4.43. The minimum atomic E-state index is -0.496. The number of rotatable bonds is 3. The summed E-state index contributed by atoms with van der Waals surface area (Å²) >= 11 is 5.72. The van der Waals surface area contributed by atoms with Crippen molar-refractivity contribution >= 4 is 17.6 Å². The van der Waals surface area contributed by atoms with Crippen LogP contribution in [-0.2, 0) is 4.74 Å². The second-order valence-electron chi connectivity index (χ2n) is 2.43. The summed E-state index contributed by atoms with van der Waals surface area (Å²) in [4.78, 5) is 15.1. The van der Waals surface area contributed by atoms with E-state index in [0.29, 0.717) is 12.4 Å². The molecule has 4 nitrogen and oxygen atoms in total. The summed E-state index contributed by atoms with van der Waals surface area (Å²) in [5.41, 5.74) is 0.216. The van der Waals surface area contributed by atoms with E-state index in [1.54, 1.807) is 6.92 Å². The minimum Gasteiger partial charge on any atom is -0.495 e. The Kier molecular flexibility index (Phi) is 3.71. The molecule has 0 spiro atoms. The van der Waals surface area contributed by atoms with E-state index in [1.807, 2.05) is 0 Å². The Balaban J connectivity index is 2.99. The Labute approximate surface area is 86.8 Å². The fourth-order valence-electron chi connectivity index (χ4n) is 0.893. The second-order valence-corrected chi connectivity index (χ2v) is 2.79. The van der Waals surface area contributed by atoms with Crippen LogP contribution in [0.5, 0.6) is 5.75 Å². The normalized spacial score (nSPS) is 9.64. The third-order valence-electron chi connectivity index (χ3n) is 1.55. The maximum atomic E-state index is 11.3. The predicted molar refractivity (Wildman–Crippen MR) is 51.8 cm³/mol. The Bertz CT molecular complexity index is 341. The van der Waals surface area contributed by atoms with Crippen LogP contribution in [0, 0.1) is 0 Å². The highest BCUT2D eigenvalue weighted by molar-refractivity contribution is 6.32. The van der Waals surface area contributed by atoms with Crippen LogP contribution in [0.15, 0.2) is 12.3 Å². The zero-order valence-electron chi connectivity index (χ0n) is 7.91. The van der Waals surface area contributed by atoms with Crippen molar-refractivity contribution in [2.75, 3.05) is 13.7 Å². The van der Waals surface area contributed by atoms with Crippen LogP contribution in [-0.4, -0.2) is 24.7 Å². The lowest BCUT2D eigenvalue weighted by molar-refractivity contribution is 0.0525. The van der Waals surface area contributed by atoms with Crippen molar-refractivity contribution in [1.82, 2.24) is 4.98 Å². The van der Waals surface area contributed by atoms with Gasteiger partial charge < -0.3 is 9.47 Å². The molecule has 0 atom stereocenters. The highest BCUT2D eigenvalue weighted by Gasteiger charge is 2.13. The third kappa shape index (κ3) is 2.35. The van der Waals surface area contributed by atoms with Gasteiger partial charge in [0.1, 0.15) is 16.5 Å². The number of carbonyl (C=O) groups excluding carboxylic acids is 1. The number of aromatic nitrogens is 1. The van der Waals surface area contributed by atoms with Crippen molar-refractivity contribution in [2.24, 2.45) is 0 Å². The molecular weight excluding hydrogens is 206 g/mol. The molecule has 14 heavy (non-hydrogen) atoms. The molecule has 0 saturated heterocycles. The Morgan fingerprint density at radius 3 is 2.93 bits per heavy atom. The summed E-state index contributed by atoms with van der Waals surface area (Å²) in [7, 11) is 1.49. The van der Waals surface area contributed by atoms with E-state index < -0.39 is 5.97 Å². The smallest absolute Gasteiger partial charge is 0.341 e. The average Bonchev–Trinajstić information content (AvgIpc) is 2.19. The molecule has 76 valence electrons. The molecule has 0 aliphatic rings. The van der Waals surface area contributed by atoms with Gasteiger partial charge in [-0.05, 0) is 13.0 Å². The summed E-state index contributed by atoms with van der Waals surface area (Å²) in [5, 5.41) is 0.115. The Morgan fingerprint density at radius 1 is 1.64 bits per heavy atom. The van der Waals surface area contributed by atoms with Gasteiger partial charge in [-0.1, -0.05) is 11.6 Å². The first-order valence-electron chi connectivity index (χ1n) is 4.05. The summed E-state index contributed by atoms with van der Waals surface area (Å²) in [5.74, 6) is -0.0265. The largest absolute Gasteiger partial charge is 0.495 e. The van der Waals surface area contributed by atoms with E-state index in [2.05, 4.69) is 4.98 Å². The van der Waals surface area contributed by atoms with Gasteiger partial charge in [-0.2, -0.15) is 0 Å². The maximum Gasteiger partial charge on any atom is 0.341 e. The molecule has 5 heteroatoms. The van der Waals surface area contributed by atoms with Gasteiger partial charge in [0.05, 0.1) is 19.9 Å². The van der Waals surface area contributed by atoms with Gasteiger partial charge in [0, 0.05) is 0 Å². The third-order valence-corrected chi connectivity index (χ3v) is 1.85. The van der Waals surface area contributed by atoms with E-state index in [4.69, 9.17) is 21.1 Å². The number of methoxy groups -OCH3 is 1. The molecular formula is C9H10ClNO3. The van der Waals surface area contributed by atoms with E-state index in [9.17, 15) is 4.79 Å². The number of hydrogen-bond donors (Lipinski definition) is 0. The highest BCUT2D eigenvalue weighted by atomic mass is 35.5. The van der Waals surface area contributed by atoms with Crippen LogP contribution >= 0.6 is 11.6 Å². The topological polar surface area (TPSA) is 48.4 Å². The Morgan fingerprint density at radius 2 is 2.36 bits per heavy atom. The number of esters is 1. The molecule has 0 N–H and O–H groups in total. The molecule has 0 aliphatic carbocycles. The molecule has 0 bridgehead atoms. The number of pyridine rings is 1. The predicted octanol–water partition coefficient (Wildman–Crippen LogP) is 1.92. The van der Waals surface area contributed by atoms with Crippen LogP contribution in [0.4, 0.5) is 0 Å². The zero-order valence-corrected chi connectivity index (χ0v) is 8.67. The molecule has 1 aromatic rings. The lowest BCUT2D eigenvalue weighted by Crippen LogP contribution is -2.06. The molecule has 1 heterocycles. The summed E-state index contributed by atoms with van der Waals surface area (Å²) in [6.07, 6.45) is 1.44. The molecule has 0 saturated carbocycles. The molecule has 0 amide bonds. The number of hydrogen-bond acceptors (Lipinski definition) is 4. The van der Waals surface area contributed by atoms with Gasteiger partial charge in [-0.25, -0.2) is 9.78 Å². The van der Waals surface area contributed by atoms with Gasteiger partial charge in [0.2, 0.25) is 0 Å². The fraction of sp³-hybridized carbons (Fsp3) is 0.333. The maximum absolute atomic E-state index is 11.3. The molecule has 1 aromatic heterocycles. The zero-order chi connectivity index (χ0) is 10.6. The van der Waals surface area contributed by atoms with Crippen molar-refractivity contribution < 1.29 is 14.3 Å². The van der Waals surface area contributed by atoms with Crippen LogP contribution in [0.3, 0.4) is 0 Å². The van der Waals surface area contributed by atoms with Crippen LogP contribution in [0.2, 0.25) is 5.15 Å². The summed E-state index contributed by atoms with van der Waals surface area (Å²) < 4.78 is 9.70. The van der Waals surface area contributed by atoms with Gasteiger partial charge in [-0.3, -0.25) is 0 Å². The summed E-state index contributed by atoms with van der Waals surface area (Å²) in [6, 6.07) is 1.49. The van der Waals surface area contributed by atoms with E-state index in [0.717, 1.165) is 0 Å². The molecule has 0 aliphatic heterocycles. The van der Waals surface area contributed by atoms with Crippen molar-refractivity contribution in [1.29, 1.82) is 0 Å². The van der Waals surface area contributed by atoms with Crippen molar-refractivity contribution in [2.45, 2.75) is 6.92 Å². The van der Waals surface area contributed by atoms with Crippen molar-refractivity contribution in [3.63, 3.8) is 0 Å². The van der Waals surface area contributed by atoms with Crippen LogP contribution in [0.25, 0.3) is 0 Å². The average molecular weight is 216 g/mol. The van der Waals surface area contributed by atoms with E-state index in [-0.39, 0.29) is 10.7 Å². The monoisotopic (exact) mass is 215 g/mol. The van der Waals surface area contributed by atoms with E-state index in [1.165, 1.54) is 19.4 Å². The fourth-order valence-corrected chi connectivity index (χ4v) is 1.07. The van der Waals surface area contributed by atoms with Gasteiger partial charge in [0.15, 0.2) is 0 Å². The van der Waals surface area contributed by atoms with E-state index >= 15 is 0 Å². The first-order chi connectivity index (χ1) is 6.69. The molecule has 0 radical (unpaired) electrons. The lowest BCUT2D eigenvalue weighted by Gasteiger charge is -2.05. The SMILES string of the molecule is CCOC(=O)c1cc(OC)cnc1Cl. The van der Waals surface area contributed by atoms with Crippen molar-refractivity contribution in [3.8, 4) is 5.75 Å². The molecule has 0 unspecified atom stereocenters. The standard InChI is InChI=1S/C9H10ClNO3/c1-3-14-9(12)7-4-6(13-2)5-11-8(7)10/h4-5H,3H2,1-2H3. The number of ether oxygens (including phenoxy) is 2.